The van der Waals surface area contributed by atoms with Crippen molar-refractivity contribution in [2.75, 3.05) is 26.3 Å². The molecule has 0 aliphatic rings. The van der Waals surface area contributed by atoms with Crippen molar-refractivity contribution >= 4 is 6.16 Å². The van der Waals surface area contributed by atoms with Crippen molar-refractivity contribution in [2.45, 2.75) is 47.1 Å². The van der Waals surface area contributed by atoms with Crippen LogP contribution in [-0.2, 0) is 14.3 Å². The maximum absolute atomic E-state index is 11.4. The number of rotatable bonds is 10. The minimum atomic E-state index is -0.693. The van der Waals surface area contributed by atoms with Crippen LogP contribution in [0.5, 0.6) is 0 Å². The highest BCUT2D eigenvalue weighted by Gasteiger charge is 2.13. The summed E-state index contributed by atoms with van der Waals surface area (Å²) in [5, 5.41) is 16.2. The van der Waals surface area contributed by atoms with Gasteiger partial charge in [0.25, 0.3) is 0 Å². The quantitative estimate of drug-likeness (QED) is 0.203. The summed E-state index contributed by atoms with van der Waals surface area (Å²) < 4.78 is 9.90. The summed E-state index contributed by atoms with van der Waals surface area (Å²) >= 11 is 0. The van der Waals surface area contributed by atoms with Gasteiger partial charge in [-0.15, -0.1) is 5.01 Å². The predicted molar refractivity (Wildman–Crippen MR) is 76.3 cm³/mol. The van der Waals surface area contributed by atoms with Crippen molar-refractivity contribution in [1.82, 2.24) is 5.01 Å². The molecule has 0 aromatic rings. The van der Waals surface area contributed by atoms with Crippen molar-refractivity contribution in [2.24, 2.45) is 11.2 Å². The third kappa shape index (κ3) is 8.93. The second-order valence-electron chi connectivity index (χ2n) is 4.83. The monoisotopic (exact) mass is 305 g/mol. The van der Waals surface area contributed by atoms with Gasteiger partial charge < -0.3 is 19.5 Å². The Labute approximate surface area is 126 Å². The van der Waals surface area contributed by atoms with E-state index in [1.54, 1.807) is 0 Å². The van der Waals surface area contributed by atoms with E-state index in [-0.39, 0.29) is 25.2 Å². The van der Waals surface area contributed by atoms with Gasteiger partial charge in [-0.05, 0) is 26.7 Å². The molecular weight excluding hydrogens is 278 g/mol. The molecule has 8 heteroatoms. The molecule has 0 radical (unpaired) electrons. The van der Waals surface area contributed by atoms with Crippen molar-refractivity contribution in [3.8, 4) is 0 Å². The molecule has 8 nitrogen and oxygen atoms in total. The van der Waals surface area contributed by atoms with E-state index in [0.717, 1.165) is 0 Å². The van der Waals surface area contributed by atoms with Crippen LogP contribution in [0.3, 0.4) is 0 Å². The fraction of sp³-hybridized carbons (Fsp3) is 0.923. The Kier molecular flexibility index (Phi) is 10.1. The Morgan fingerprint density at radius 1 is 1.24 bits per heavy atom. The Morgan fingerprint density at radius 2 is 1.86 bits per heavy atom. The van der Waals surface area contributed by atoms with Gasteiger partial charge in [0.2, 0.25) is 5.28 Å². The van der Waals surface area contributed by atoms with E-state index in [9.17, 15) is 10.0 Å². The lowest BCUT2D eigenvalue weighted by molar-refractivity contribution is -0.710. The Bertz CT molecular complexity index is 319. The molecule has 0 aromatic carbocycles. The third-order valence-corrected chi connectivity index (χ3v) is 2.92. The number of hydrazine groups is 1. The molecule has 0 saturated carbocycles. The smallest absolute Gasteiger partial charge is 0.508 e. The number of hydrogen-bond acceptors (Lipinski definition) is 6. The molecule has 0 saturated heterocycles. The molecule has 0 rings (SSSR count). The van der Waals surface area contributed by atoms with Gasteiger partial charge in [-0.2, -0.15) is 0 Å². The third-order valence-electron chi connectivity index (χ3n) is 2.92. The van der Waals surface area contributed by atoms with Gasteiger partial charge in [-0.1, -0.05) is 13.8 Å². The fourth-order valence-electron chi connectivity index (χ4n) is 1.21. The Balaban J connectivity index is 3.73. The highest BCUT2D eigenvalue weighted by Crippen LogP contribution is 2.06. The molecule has 0 aliphatic carbocycles. The average Bonchev–Trinajstić information content (AvgIpc) is 2.43. The number of carbonyl (C=O) groups is 1. The van der Waals surface area contributed by atoms with Crippen LogP contribution in [0.25, 0.3) is 0 Å². The van der Waals surface area contributed by atoms with E-state index in [4.69, 9.17) is 14.3 Å². The normalized spacial score (nSPS) is 13.0. The standard InChI is InChI=1S/C13H27N3O5/c1-6-15(7-2)16(18)14-20-10-8-9-19-13(17)21-12(5)11(3)4/h11-12H,6-10H2,1-5H3/b16-14-. The summed E-state index contributed by atoms with van der Waals surface area (Å²) in [6.07, 6.45) is -0.450. The zero-order valence-corrected chi connectivity index (χ0v) is 13.6. The minimum Gasteiger partial charge on any atom is -0.569 e. The fourth-order valence-corrected chi connectivity index (χ4v) is 1.21. The first-order valence-electron chi connectivity index (χ1n) is 7.30. The van der Waals surface area contributed by atoms with E-state index in [2.05, 4.69) is 5.28 Å². The topological polar surface area (TPSA) is 86.4 Å². The van der Waals surface area contributed by atoms with E-state index in [1.807, 2.05) is 34.6 Å². The van der Waals surface area contributed by atoms with Crippen LogP contribution in [0.2, 0.25) is 0 Å². The number of ether oxygens (including phenoxy) is 2. The van der Waals surface area contributed by atoms with Gasteiger partial charge in [0, 0.05) is 6.42 Å². The van der Waals surface area contributed by atoms with Gasteiger partial charge in [0.15, 0.2) is 0 Å². The van der Waals surface area contributed by atoms with Crippen molar-refractivity contribution < 1.29 is 24.1 Å². The van der Waals surface area contributed by atoms with Crippen molar-refractivity contribution in [3.63, 3.8) is 0 Å². The molecule has 0 amide bonds. The maximum Gasteiger partial charge on any atom is 0.508 e. The van der Waals surface area contributed by atoms with Gasteiger partial charge in [0.1, 0.15) is 12.7 Å². The molecule has 0 heterocycles. The summed E-state index contributed by atoms with van der Waals surface area (Å²) in [7, 11) is 0. The second-order valence-corrected chi connectivity index (χ2v) is 4.83. The van der Waals surface area contributed by atoms with Gasteiger partial charge in [-0.3, -0.25) is 0 Å². The molecule has 21 heavy (non-hydrogen) atoms. The molecule has 0 aliphatic heterocycles. The first-order valence-corrected chi connectivity index (χ1v) is 7.30. The lowest BCUT2D eigenvalue weighted by atomic mass is 10.1. The lowest BCUT2D eigenvalue weighted by Gasteiger charge is -2.16. The highest BCUT2D eigenvalue weighted by molar-refractivity contribution is 5.60. The number of carbonyl (C=O) groups excluding carboxylic acids is 1. The maximum atomic E-state index is 11.4. The van der Waals surface area contributed by atoms with Gasteiger partial charge in [0.05, 0.1) is 24.7 Å². The van der Waals surface area contributed by atoms with Crippen LogP contribution in [0.1, 0.15) is 41.0 Å². The second kappa shape index (κ2) is 11.0. The highest BCUT2D eigenvalue weighted by atomic mass is 16.7. The van der Waals surface area contributed by atoms with Crippen molar-refractivity contribution in [3.05, 3.63) is 5.21 Å². The van der Waals surface area contributed by atoms with Crippen LogP contribution in [0, 0.1) is 11.1 Å². The summed E-state index contributed by atoms with van der Waals surface area (Å²) in [6, 6.07) is 0. The molecule has 0 N–H and O–H groups in total. The lowest BCUT2D eigenvalue weighted by Crippen LogP contribution is -2.30. The van der Waals surface area contributed by atoms with Crippen LogP contribution in [0.4, 0.5) is 4.79 Å². The number of hydrogen-bond donors (Lipinski definition) is 0. The molecule has 0 spiro atoms. The van der Waals surface area contributed by atoms with Crippen LogP contribution in [-0.4, -0.2) is 48.5 Å². The zero-order chi connectivity index (χ0) is 16.3. The molecule has 1 unspecified atom stereocenters. The van der Waals surface area contributed by atoms with E-state index in [1.165, 1.54) is 5.01 Å². The van der Waals surface area contributed by atoms with E-state index >= 15 is 0 Å². The Morgan fingerprint density at radius 3 is 2.38 bits per heavy atom. The van der Waals surface area contributed by atoms with Gasteiger partial charge >= 0.3 is 6.16 Å². The van der Waals surface area contributed by atoms with Crippen LogP contribution in [0.15, 0.2) is 5.28 Å². The summed E-state index contributed by atoms with van der Waals surface area (Å²) in [5.74, 6) is 0.239. The summed E-state index contributed by atoms with van der Waals surface area (Å²) in [5.41, 5.74) is 0. The molecular formula is C13H27N3O5. The van der Waals surface area contributed by atoms with E-state index < -0.39 is 6.16 Å². The van der Waals surface area contributed by atoms with Crippen molar-refractivity contribution in [1.29, 1.82) is 0 Å². The first-order chi connectivity index (χ1) is 9.92. The molecule has 0 bridgehead atoms. The first kappa shape index (κ1) is 19.3. The van der Waals surface area contributed by atoms with Crippen LogP contribution >= 0.6 is 0 Å². The zero-order valence-electron chi connectivity index (χ0n) is 13.6. The predicted octanol–water partition coefficient (Wildman–Crippen LogP) is 2.73. The molecule has 0 fully saturated rings. The van der Waals surface area contributed by atoms with Gasteiger partial charge in [-0.25, -0.2) is 4.79 Å². The molecule has 0 aromatic heterocycles. The Hall–Kier alpha value is -1.73. The SMILES string of the molecule is CCN(CC)/[N+]([O-])=N/OCCCOC(=O)OC(C)C(C)C. The average molecular weight is 305 g/mol. The molecule has 124 valence electrons. The summed E-state index contributed by atoms with van der Waals surface area (Å²) in [4.78, 5) is 16.6. The largest absolute Gasteiger partial charge is 0.569 e. The minimum absolute atomic E-state index is 0.156. The number of nitrogens with zero attached hydrogens (tertiary/aromatic N) is 3. The van der Waals surface area contributed by atoms with E-state index in [0.29, 0.717) is 24.5 Å². The summed E-state index contributed by atoms with van der Waals surface area (Å²) in [6.45, 7) is 10.9. The van der Waals surface area contributed by atoms with Crippen LogP contribution < -0.4 is 0 Å². The molecule has 1 atom stereocenters.